The molecule has 3 rings (SSSR count). The van der Waals surface area contributed by atoms with Gasteiger partial charge in [0.2, 0.25) is 11.8 Å². The van der Waals surface area contributed by atoms with Crippen LogP contribution < -0.4 is 20.1 Å². The minimum atomic E-state index is -0.276. The summed E-state index contributed by atoms with van der Waals surface area (Å²) in [5.41, 5.74) is 2.07. The van der Waals surface area contributed by atoms with E-state index in [1.165, 1.54) is 6.08 Å². The summed E-state index contributed by atoms with van der Waals surface area (Å²) in [5, 5.41) is 5.51. The van der Waals surface area contributed by atoms with Crippen LogP contribution in [0.3, 0.4) is 0 Å². The number of hydrogen-bond donors (Lipinski definition) is 2. The molecule has 1 heterocycles. The Labute approximate surface area is 145 Å². The SMILES string of the molecule is C=CC(=O)Nc1ccc(CC(=O)Nc2cccc3c2OCCO3)cc1. The Hall–Kier alpha value is -3.28. The van der Waals surface area contributed by atoms with Crippen molar-refractivity contribution in [3.63, 3.8) is 0 Å². The van der Waals surface area contributed by atoms with Crippen LogP contribution in [0.5, 0.6) is 11.5 Å². The molecule has 0 aromatic heterocycles. The van der Waals surface area contributed by atoms with E-state index in [0.29, 0.717) is 36.1 Å². The highest BCUT2D eigenvalue weighted by molar-refractivity contribution is 5.99. The van der Waals surface area contributed by atoms with Crippen molar-refractivity contribution in [2.75, 3.05) is 23.8 Å². The van der Waals surface area contributed by atoms with E-state index in [1.54, 1.807) is 42.5 Å². The fourth-order valence-corrected chi connectivity index (χ4v) is 2.45. The number of rotatable bonds is 5. The van der Waals surface area contributed by atoms with Gasteiger partial charge in [-0.25, -0.2) is 0 Å². The smallest absolute Gasteiger partial charge is 0.247 e. The molecule has 6 nitrogen and oxygen atoms in total. The average Bonchev–Trinajstić information content (AvgIpc) is 2.63. The van der Waals surface area contributed by atoms with E-state index in [0.717, 1.165) is 5.56 Å². The van der Waals surface area contributed by atoms with Crippen LogP contribution in [-0.4, -0.2) is 25.0 Å². The van der Waals surface area contributed by atoms with E-state index < -0.39 is 0 Å². The molecule has 6 heteroatoms. The molecule has 0 fully saturated rings. The molecule has 1 aliphatic heterocycles. The van der Waals surface area contributed by atoms with Crippen molar-refractivity contribution in [1.29, 1.82) is 0 Å². The van der Waals surface area contributed by atoms with E-state index in [9.17, 15) is 9.59 Å². The number of amides is 2. The number of para-hydroxylation sites is 1. The lowest BCUT2D eigenvalue weighted by Gasteiger charge is -2.21. The predicted molar refractivity (Wildman–Crippen MR) is 95.0 cm³/mol. The maximum Gasteiger partial charge on any atom is 0.247 e. The summed E-state index contributed by atoms with van der Waals surface area (Å²) in [6.07, 6.45) is 1.41. The second kappa shape index (κ2) is 7.53. The highest BCUT2D eigenvalue weighted by Gasteiger charge is 2.17. The van der Waals surface area contributed by atoms with Gasteiger partial charge >= 0.3 is 0 Å². The van der Waals surface area contributed by atoms with Gasteiger partial charge in [0, 0.05) is 5.69 Å². The van der Waals surface area contributed by atoms with E-state index in [1.807, 2.05) is 0 Å². The summed E-state index contributed by atoms with van der Waals surface area (Å²) in [6, 6.07) is 12.5. The third-order valence-electron chi connectivity index (χ3n) is 3.61. The quantitative estimate of drug-likeness (QED) is 0.822. The minimum absolute atomic E-state index is 0.162. The monoisotopic (exact) mass is 338 g/mol. The first-order chi connectivity index (χ1) is 12.2. The summed E-state index contributed by atoms with van der Waals surface area (Å²) in [6.45, 7) is 4.36. The highest BCUT2D eigenvalue weighted by Crippen LogP contribution is 2.37. The number of ether oxygens (including phenoxy) is 2. The number of carbonyl (C=O) groups excluding carboxylic acids is 2. The Morgan fingerprint density at radius 1 is 1.04 bits per heavy atom. The summed E-state index contributed by atoms with van der Waals surface area (Å²) in [5.74, 6) is 0.753. The summed E-state index contributed by atoms with van der Waals surface area (Å²) < 4.78 is 11.1. The molecule has 2 N–H and O–H groups in total. The first kappa shape index (κ1) is 16.6. The second-order valence-corrected chi connectivity index (χ2v) is 5.45. The molecule has 0 saturated heterocycles. The number of nitrogens with one attached hydrogen (secondary N) is 2. The van der Waals surface area contributed by atoms with Crippen molar-refractivity contribution in [1.82, 2.24) is 0 Å². The molecule has 25 heavy (non-hydrogen) atoms. The number of hydrogen-bond acceptors (Lipinski definition) is 4. The van der Waals surface area contributed by atoms with Crippen LogP contribution in [0.2, 0.25) is 0 Å². The van der Waals surface area contributed by atoms with Crippen molar-refractivity contribution < 1.29 is 19.1 Å². The molecule has 2 amide bonds. The van der Waals surface area contributed by atoms with Crippen LogP contribution in [0.4, 0.5) is 11.4 Å². The molecule has 0 bridgehead atoms. The van der Waals surface area contributed by atoms with Crippen LogP contribution in [0.25, 0.3) is 0 Å². The molecule has 0 unspecified atom stereocenters. The summed E-state index contributed by atoms with van der Waals surface area (Å²) in [7, 11) is 0. The van der Waals surface area contributed by atoms with E-state index in [4.69, 9.17) is 9.47 Å². The molecule has 2 aromatic rings. The number of benzene rings is 2. The normalized spacial score (nSPS) is 12.2. The van der Waals surface area contributed by atoms with Crippen LogP contribution in [0, 0.1) is 0 Å². The predicted octanol–water partition coefficient (Wildman–Crippen LogP) is 2.76. The molecule has 0 saturated carbocycles. The molecule has 0 aliphatic carbocycles. The van der Waals surface area contributed by atoms with Gasteiger partial charge in [0.05, 0.1) is 12.1 Å². The maximum atomic E-state index is 12.3. The van der Waals surface area contributed by atoms with Gasteiger partial charge in [-0.2, -0.15) is 0 Å². The van der Waals surface area contributed by atoms with Crippen LogP contribution in [0.1, 0.15) is 5.56 Å². The molecule has 128 valence electrons. The average molecular weight is 338 g/mol. The van der Waals surface area contributed by atoms with Crippen molar-refractivity contribution in [3.05, 3.63) is 60.7 Å². The third kappa shape index (κ3) is 4.17. The van der Waals surface area contributed by atoms with Gasteiger partial charge in [0.25, 0.3) is 0 Å². The Kier molecular flexibility index (Phi) is 4.99. The highest BCUT2D eigenvalue weighted by atomic mass is 16.6. The van der Waals surface area contributed by atoms with Crippen LogP contribution >= 0.6 is 0 Å². The van der Waals surface area contributed by atoms with Gasteiger partial charge in [-0.05, 0) is 35.9 Å². The fraction of sp³-hybridized carbons (Fsp3) is 0.158. The molecule has 1 aliphatic rings. The Morgan fingerprint density at radius 3 is 2.56 bits per heavy atom. The lowest BCUT2D eigenvalue weighted by molar-refractivity contribution is -0.115. The van der Waals surface area contributed by atoms with Gasteiger partial charge in [0.15, 0.2) is 11.5 Å². The van der Waals surface area contributed by atoms with Crippen molar-refractivity contribution in [3.8, 4) is 11.5 Å². The minimum Gasteiger partial charge on any atom is -0.486 e. The zero-order valence-corrected chi connectivity index (χ0v) is 13.6. The lowest BCUT2D eigenvalue weighted by atomic mass is 10.1. The van der Waals surface area contributed by atoms with Gasteiger partial charge in [-0.3, -0.25) is 9.59 Å². The lowest BCUT2D eigenvalue weighted by Crippen LogP contribution is -2.19. The number of carbonyl (C=O) groups is 2. The molecule has 2 aromatic carbocycles. The van der Waals surface area contributed by atoms with Crippen LogP contribution in [0.15, 0.2) is 55.1 Å². The molecule has 0 radical (unpaired) electrons. The molecular formula is C19H18N2O4. The second-order valence-electron chi connectivity index (χ2n) is 5.45. The van der Waals surface area contributed by atoms with E-state index in [2.05, 4.69) is 17.2 Å². The van der Waals surface area contributed by atoms with E-state index in [-0.39, 0.29) is 18.2 Å². The number of anilines is 2. The van der Waals surface area contributed by atoms with Gasteiger partial charge in [-0.1, -0.05) is 24.8 Å². The fourth-order valence-electron chi connectivity index (χ4n) is 2.45. The van der Waals surface area contributed by atoms with Crippen molar-refractivity contribution >= 4 is 23.2 Å². The van der Waals surface area contributed by atoms with Crippen LogP contribution in [-0.2, 0) is 16.0 Å². The zero-order chi connectivity index (χ0) is 17.6. The molecule has 0 spiro atoms. The van der Waals surface area contributed by atoms with Gasteiger partial charge < -0.3 is 20.1 Å². The number of fused-ring (bicyclic) bond motifs is 1. The van der Waals surface area contributed by atoms with Gasteiger partial charge in [0.1, 0.15) is 13.2 Å². The first-order valence-electron chi connectivity index (χ1n) is 7.86. The standard InChI is InChI=1S/C19H18N2O4/c1-2-17(22)20-14-8-6-13(7-9-14)12-18(23)21-15-4-3-5-16-19(15)25-11-10-24-16/h2-9H,1,10-12H2,(H,20,22)(H,21,23). The Bertz CT molecular complexity index is 800. The van der Waals surface area contributed by atoms with E-state index >= 15 is 0 Å². The topological polar surface area (TPSA) is 76.7 Å². The summed E-state index contributed by atoms with van der Waals surface area (Å²) >= 11 is 0. The largest absolute Gasteiger partial charge is 0.486 e. The third-order valence-corrected chi connectivity index (χ3v) is 3.61. The Balaban J connectivity index is 1.63. The van der Waals surface area contributed by atoms with Crippen molar-refractivity contribution in [2.24, 2.45) is 0 Å². The van der Waals surface area contributed by atoms with Gasteiger partial charge in [-0.15, -0.1) is 0 Å². The van der Waals surface area contributed by atoms with Crippen molar-refractivity contribution in [2.45, 2.75) is 6.42 Å². The summed E-state index contributed by atoms with van der Waals surface area (Å²) in [4.78, 5) is 23.5. The Morgan fingerprint density at radius 2 is 1.80 bits per heavy atom. The first-order valence-corrected chi connectivity index (χ1v) is 7.86. The molecule has 0 atom stereocenters. The maximum absolute atomic E-state index is 12.3. The molecular weight excluding hydrogens is 320 g/mol. The zero-order valence-electron chi connectivity index (χ0n) is 13.6.